The number of hydrogen-bond acceptors (Lipinski definition) is 4. The van der Waals surface area contributed by atoms with Gasteiger partial charge in [-0.05, 0) is 18.4 Å². The molecule has 0 radical (unpaired) electrons. The van der Waals surface area contributed by atoms with Crippen LogP contribution in [0.25, 0.3) is 0 Å². The van der Waals surface area contributed by atoms with Crippen LogP contribution in [0, 0.1) is 0 Å². The largest absolute Gasteiger partial charge is 0.471 e. The highest BCUT2D eigenvalue weighted by molar-refractivity contribution is 5.95. The molecule has 0 aliphatic heterocycles. The Morgan fingerprint density at radius 3 is 2.52 bits per heavy atom. The molecule has 1 aromatic heterocycles. The summed E-state index contributed by atoms with van der Waals surface area (Å²) in [5.74, 6) is -2.28. The number of aromatic amines is 1. The van der Waals surface area contributed by atoms with Crippen LogP contribution in [0.4, 0.5) is 29.6 Å². The molecular weight excluding hydrogens is 389 g/mol. The minimum Gasteiger partial charge on any atom is -0.444 e. The summed E-state index contributed by atoms with van der Waals surface area (Å²) >= 11 is 0. The van der Waals surface area contributed by atoms with Gasteiger partial charge in [-0.1, -0.05) is 49.6 Å². The average molecular weight is 410 g/mol. The minimum atomic E-state index is -5.03. The highest BCUT2D eigenvalue weighted by Gasteiger charge is 2.39. The van der Waals surface area contributed by atoms with Crippen molar-refractivity contribution in [3.63, 3.8) is 0 Å². The van der Waals surface area contributed by atoms with Crippen LogP contribution in [0.2, 0.25) is 0 Å². The molecule has 1 aliphatic carbocycles. The zero-order chi connectivity index (χ0) is 20.9. The fourth-order valence-corrected chi connectivity index (χ4v) is 3.26. The van der Waals surface area contributed by atoms with Crippen LogP contribution in [-0.4, -0.2) is 34.4 Å². The quantitative estimate of drug-likeness (QED) is 0.766. The Morgan fingerprint density at radius 2 is 1.86 bits per heavy atom. The van der Waals surface area contributed by atoms with E-state index < -0.39 is 18.2 Å². The summed E-state index contributed by atoms with van der Waals surface area (Å²) in [5, 5.41) is 7.88. The van der Waals surface area contributed by atoms with E-state index >= 15 is 0 Å². The number of rotatable bonds is 5. The van der Waals surface area contributed by atoms with Crippen molar-refractivity contribution >= 4 is 23.6 Å². The Labute approximate surface area is 165 Å². The molecule has 1 fully saturated rings. The Morgan fingerprint density at radius 1 is 1.17 bits per heavy atom. The number of nitrogens with one attached hydrogen (secondary N) is 2. The van der Waals surface area contributed by atoms with Crippen LogP contribution < -0.4 is 10.2 Å². The topological polar surface area (TPSA) is 87.3 Å². The zero-order valence-corrected chi connectivity index (χ0v) is 15.5. The number of hydrogen-bond donors (Lipinski definition) is 2. The smallest absolute Gasteiger partial charge is 0.444 e. The fourth-order valence-electron chi connectivity index (χ4n) is 3.26. The lowest BCUT2D eigenvalue weighted by Crippen LogP contribution is -2.42. The first kappa shape index (κ1) is 20.7. The van der Waals surface area contributed by atoms with E-state index in [0.717, 1.165) is 37.7 Å². The number of carbonyl (C=O) groups excluding carboxylic acids is 2. The Hall–Kier alpha value is -3.04. The van der Waals surface area contributed by atoms with Gasteiger partial charge in [0, 0.05) is 12.1 Å². The van der Waals surface area contributed by atoms with Crippen molar-refractivity contribution in [2.45, 2.75) is 50.9 Å². The number of amides is 2. The van der Waals surface area contributed by atoms with E-state index in [1.54, 1.807) is 5.32 Å². The van der Waals surface area contributed by atoms with E-state index in [1.807, 2.05) is 30.3 Å². The standard InChI is InChI=1S/C19H21F3N4O3/c20-19(21,22)17(27)23-15-11-16(25-24-15)26(14-9-5-2-6-10-14)18(28)29-12-13-7-3-1-4-8-13/h1,3-4,7-8,11,14H,2,5-6,9-10,12H2,(H2,23,24,25,27). The van der Waals surface area contributed by atoms with E-state index in [0.29, 0.717) is 0 Å². The average Bonchev–Trinajstić information content (AvgIpc) is 3.15. The maximum Gasteiger partial charge on any atom is 0.471 e. The summed E-state index contributed by atoms with van der Waals surface area (Å²) in [6, 6.07) is 10.2. The molecule has 0 unspecified atom stereocenters. The molecule has 1 saturated carbocycles. The van der Waals surface area contributed by atoms with Crippen molar-refractivity contribution in [2.75, 3.05) is 10.2 Å². The maximum absolute atomic E-state index is 12.8. The van der Waals surface area contributed by atoms with E-state index in [1.165, 1.54) is 11.0 Å². The number of anilines is 2. The normalized spacial score (nSPS) is 15.0. The summed E-state index contributed by atoms with van der Waals surface area (Å²) < 4.78 is 42.8. The highest BCUT2D eigenvalue weighted by atomic mass is 19.4. The molecule has 2 aromatic rings. The molecule has 1 aliphatic rings. The van der Waals surface area contributed by atoms with Gasteiger partial charge < -0.3 is 10.1 Å². The lowest BCUT2D eigenvalue weighted by Gasteiger charge is -2.32. The first-order valence-corrected chi connectivity index (χ1v) is 9.28. The van der Waals surface area contributed by atoms with Gasteiger partial charge in [-0.3, -0.25) is 14.8 Å². The predicted molar refractivity (Wildman–Crippen MR) is 99.3 cm³/mol. The van der Waals surface area contributed by atoms with Gasteiger partial charge in [0.25, 0.3) is 0 Å². The molecule has 0 atom stereocenters. The number of nitrogens with zero attached hydrogens (tertiary/aromatic N) is 2. The Bertz CT molecular complexity index is 833. The van der Waals surface area contributed by atoms with Crippen LogP contribution >= 0.6 is 0 Å². The first-order chi connectivity index (χ1) is 13.8. The van der Waals surface area contributed by atoms with Crippen molar-refractivity contribution in [2.24, 2.45) is 0 Å². The summed E-state index contributed by atoms with van der Waals surface area (Å²) in [4.78, 5) is 25.3. The summed E-state index contributed by atoms with van der Waals surface area (Å²) in [6.45, 7) is 0.0642. The van der Waals surface area contributed by atoms with Gasteiger partial charge in [0.15, 0.2) is 5.82 Å². The van der Waals surface area contributed by atoms with Gasteiger partial charge in [0.1, 0.15) is 12.4 Å². The SMILES string of the molecule is O=C(OCc1ccccc1)N(c1cc(NC(=O)C(F)(F)F)n[nH]1)C1CCCCC1. The van der Waals surface area contributed by atoms with Crippen molar-refractivity contribution < 1.29 is 27.5 Å². The van der Waals surface area contributed by atoms with Crippen LogP contribution in [0.3, 0.4) is 0 Å². The lowest BCUT2D eigenvalue weighted by molar-refractivity contribution is -0.167. The molecule has 1 heterocycles. The van der Waals surface area contributed by atoms with E-state index in [9.17, 15) is 22.8 Å². The van der Waals surface area contributed by atoms with Crippen molar-refractivity contribution in [3.05, 3.63) is 42.0 Å². The van der Waals surface area contributed by atoms with Gasteiger partial charge in [-0.25, -0.2) is 4.79 Å². The van der Waals surface area contributed by atoms with Crippen molar-refractivity contribution in [1.29, 1.82) is 0 Å². The molecule has 2 amide bonds. The third-order valence-corrected chi connectivity index (χ3v) is 4.66. The third kappa shape index (κ3) is 5.49. The first-order valence-electron chi connectivity index (χ1n) is 9.28. The molecule has 10 heteroatoms. The maximum atomic E-state index is 12.8. The van der Waals surface area contributed by atoms with Crippen LogP contribution in [0.1, 0.15) is 37.7 Å². The number of H-pyrrole nitrogens is 1. The monoisotopic (exact) mass is 410 g/mol. The number of halogens is 3. The molecular formula is C19H21F3N4O3. The molecule has 7 nitrogen and oxygen atoms in total. The van der Waals surface area contributed by atoms with Crippen LogP contribution in [0.15, 0.2) is 36.4 Å². The molecule has 29 heavy (non-hydrogen) atoms. The number of alkyl halides is 3. The predicted octanol–water partition coefficient (Wildman–Crippen LogP) is 4.39. The third-order valence-electron chi connectivity index (χ3n) is 4.66. The molecule has 0 spiro atoms. The van der Waals surface area contributed by atoms with E-state index in [4.69, 9.17) is 4.74 Å². The van der Waals surface area contributed by atoms with Gasteiger partial charge in [-0.15, -0.1) is 0 Å². The molecule has 156 valence electrons. The second-order valence-corrected chi connectivity index (χ2v) is 6.79. The van der Waals surface area contributed by atoms with Gasteiger partial charge in [0.2, 0.25) is 0 Å². The summed E-state index contributed by atoms with van der Waals surface area (Å²) in [6.07, 6.45) is -1.26. The second kappa shape index (κ2) is 8.97. The lowest BCUT2D eigenvalue weighted by atomic mass is 9.94. The Balaban J connectivity index is 1.75. The van der Waals surface area contributed by atoms with Crippen molar-refractivity contribution in [1.82, 2.24) is 10.2 Å². The summed E-state index contributed by atoms with van der Waals surface area (Å²) in [7, 11) is 0. The Kier molecular flexibility index (Phi) is 6.40. The van der Waals surface area contributed by atoms with Crippen LogP contribution in [0.5, 0.6) is 0 Å². The molecule has 1 aromatic carbocycles. The highest BCUT2D eigenvalue weighted by Crippen LogP contribution is 2.29. The molecule has 0 bridgehead atoms. The van der Waals surface area contributed by atoms with Gasteiger partial charge in [-0.2, -0.15) is 18.3 Å². The second-order valence-electron chi connectivity index (χ2n) is 6.79. The number of aromatic nitrogens is 2. The number of benzene rings is 1. The van der Waals surface area contributed by atoms with Crippen molar-refractivity contribution in [3.8, 4) is 0 Å². The molecule has 0 saturated heterocycles. The number of carbonyl (C=O) groups is 2. The minimum absolute atomic E-state index is 0.0642. The van der Waals surface area contributed by atoms with Gasteiger partial charge >= 0.3 is 18.2 Å². The van der Waals surface area contributed by atoms with Gasteiger partial charge in [0.05, 0.1) is 0 Å². The molecule has 3 rings (SSSR count). The van der Waals surface area contributed by atoms with E-state index in [2.05, 4.69) is 10.2 Å². The van der Waals surface area contributed by atoms with E-state index in [-0.39, 0.29) is 24.3 Å². The van der Waals surface area contributed by atoms with Crippen LogP contribution in [-0.2, 0) is 16.1 Å². The summed E-state index contributed by atoms with van der Waals surface area (Å²) in [5.41, 5.74) is 0.812. The molecule has 2 N–H and O–H groups in total. The fraction of sp³-hybridized carbons (Fsp3) is 0.421. The zero-order valence-electron chi connectivity index (χ0n) is 15.5. The number of ether oxygens (including phenoxy) is 1.